The maximum absolute atomic E-state index is 3.71. The van der Waals surface area contributed by atoms with Crippen LogP contribution in [0.2, 0.25) is 0 Å². The minimum absolute atomic E-state index is 0.683. The molecule has 0 aliphatic heterocycles. The van der Waals surface area contributed by atoms with Crippen molar-refractivity contribution in [3.63, 3.8) is 0 Å². The molecule has 20 heavy (non-hydrogen) atoms. The summed E-state index contributed by atoms with van der Waals surface area (Å²) in [4.78, 5) is 0. The van der Waals surface area contributed by atoms with Gasteiger partial charge in [0.05, 0.1) is 0 Å². The molecule has 0 saturated carbocycles. The quantitative estimate of drug-likeness (QED) is 0.631. The highest BCUT2D eigenvalue weighted by Gasteiger charge is 2.08. The zero-order valence-electron chi connectivity index (χ0n) is 13.4. The summed E-state index contributed by atoms with van der Waals surface area (Å²) in [5.74, 6) is 3.34. The van der Waals surface area contributed by atoms with Gasteiger partial charge in [0.1, 0.15) is 0 Å². The molecule has 0 aromatic heterocycles. The van der Waals surface area contributed by atoms with E-state index in [2.05, 4.69) is 68.2 Å². The van der Waals surface area contributed by atoms with Crippen molar-refractivity contribution in [1.29, 1.82) is 0 Å². The van der Waals surface area contributed by atoms with Crippen molar-refractivity contribution in [2.75, 3.05) is 18.1 Å². The van der Waals surface area contributed by atoms with Crippen LogP contribution in [0.15, 0.2) is 30.3 Å². The summed E-state index contributed by atoms with van der Waals surface area (Å²) in [6.07, 6.45) is 5.01. The first-order valence-electron chi connectivity index (χ1n) is 8.07. The van der Waals surface area contributed by atoms with Crippen molar-refractivity contribution in [3.05, 3.63) is 35.9 Å². The highest BCUT2D eigenvalue weighted by Crippen LogP contribution is 2.13. The van der Waals surface area contributed by atoms with Crippen LogP contribution in [0.4, 0.5) is 0 Å². The zero-order valence-corrected chi connectivity index (χ0v) is 14.2. The van der Waals surface area contributed by atoms with E-state index >= 15 is 0 Å². The molecule has 1 atom stereocenters. The van der Waals surface area contributed by atoms with Crippen LogP contribution >= 0.6 is 11.8 Å². The molecule has 0 spiro atoms. The smallest absolute Gasteiger partial charge is 0.0158 e. The Kier molecular flexibility index (Phi) is 9.86. The van der Waals surface area contributed by atoms with E-state index in [0.717, 1.165) is 12.5 Å². The Morgan fingerprint density at radius 1 is 1.10 bits per heavy atom. The third-order valence-electron chi connectivity index (χ3n) is 3.31. The van der Waals surface area contributed by atoms with E-state index < -0.39 is 0 Å². The molecule has 1 rings (SSSR count). The fourth-order valence-electron chi connectivity index (χ4n) is 2.24. The summed E-state index contributed by atoms with van der Waals surface area (Å²) in [6, 6.07) is 11.5. The number of nitrogens with one attached hydrogen (secondary N) is 1. The molecule has 0 heterocycles. The van der Waals surface area contributed by atoms with E-state index in [4.69, 9.17) is 0 Å². The lowest BCUT2D eigenvalue weighted by atomic mass is 10.1. The van der Waals surface area contributed by atoms with E-state index in [-0.39, 0.29) is 0 Å². The van der Waals surface area contributed by atoms with Gasteiger partial charge in [0.25, 0.3) is 0 Å². The van der Waals surface area contributed by atoms with Gasteiger partial charge in [-0.05, 0) is 49.5 Å². The SMILES string of the molecule is CCCNC(CCCc1ccccc1)CSCC(C)C. The first-order chi connectivity index (χ1) is 9.72. The number of benzene rings is 1. The summed E-state index contributed by atoms with van der Waals surface area (Å²) in [7, 11) is 0. The van der Waals surface area contributed by atoms with Crippen molar-refractivity contribution >= 4 is 11.8 Å². The lowest BCUT2D eigenvalue weighted by Gasteiger charge is -2.18. The van der Waals surface area contributed by atoms with Crippen LogP contribution in [0.3, 0.4) is 0 Å². The minimum Gasteiger partial charge on any atom is -0.313 e. The third-order valence-corrected chi connectivity index (χ3v) is 4.85. The predicted molar refractivity (Wildman–Crippen MR) is 93.6 cm³/mol. The van der Waals surface area contributed by atoms with Crippen molar-refractivity contribution < 1.29 is 0 Å². The fourth-order valence-corrected chi connectivity index (χ4v) is 3.41. The fraction of sp³-hybridized carbons (Fsp3) is 0.667. The number of thioether (sulfide) groups is 1. The van der Waals surface area contributed by atoms with E-state index in [1.165, 1.54) is 42.8 Å². The molecule has 0 aliphatic rings. The molecule has 2 heteroatoms. The highest BCUT2D eigenvalue weighted by molar-refractivity contribution is 7.99. The second-order valence-corrected chi connectivity index (χ2v) is 7.04. The van der Waals surface area contributed by atoms with Gasteiger partial charge < -0.3 is 5.32 Å². The molecule has 1 aromatic rings. The van der Waals surface area contributed by atoms with Gasteiger partial charge in [0.15, 0.2) is 0 Å². The van der Waals surface area contributed by atoms with Gasteiger partial charge in [-0.1, -0.05) is 51.1 Å². The minimum atomic E-state index is 0.683. The van der Waals surface area contributed by atoms with E-state index in [1.807, 2.05) is 0 Å². The molecular formula is C18H31NS. The second-order valence-electron chi connectivity index (χ2n) is 5.96. The second kappa shape index (κ2) is 11.2. The Hall–Kier alpha value is -0.470. The van der Waals surface area contributed by atoms with Crippen LogP contribution in [-0.4, -0.2) is 24.1 Å². The molecule has 0 radical (unpaired) electrons. The number of hydrogen-bond acceptors (Lipinski definition) is 2. The molecule has 0 saturated heterocycles. The van der Waals surface area contributed by atoms with Gasteiger partial charge in [0, 0.05) is 11.8 Å². The van der Waals surface area contributed by atoms with Gasteiger partial charge in [-0.2, -0.15) is 11.8 Å². The first-order valence-corrected chi connectivity index (χ1v) is 9.23. The first kappa shape index (κ1) is 17.6. The summed E-state index contributed by atoms with van der Waals surface area (Å²) >= 11 is 2.10. The Morgan fingerprint density at radius 3 is 2.50 bits per heavy atom. The lowest BCUT2D eigenvalue weighted by molar-refractivity contribution is 0.504. The van der Waals surface area contributed by atoms with E-state index in [0.29, 0.717) is 6.04 Å². The molecule has 0 aliphatic carbocycles. The summed E-state index contributed by atoms with van der Waals surface area (Å²) in [5.41, 5.74) is 1.47. The Balaban J connectivity index is 2.24. The standard InChI is InChI=1S/C18H31NS/c1-4-13-19-18(15-20-14-16(2)3)12-8-11-17-9-6-5-7-10-17/h5-7,9-10,16,18-19H,4,8,11-15H2,1-3H3. The molecule has 114 valence electrons. The lowest BCUT2D eigenvalue weighted by Crippen LogP contribution is -2.32. The molecule has 0 bridgehead atoms. The zero-order chi connectivity index (χ0) is 14.6. The average molecular weight is 294 g/mol. The molecule has 1 aromatic carbocycles. The number of rotatable bonds is 11. The van der Waals surface area contributed by atoms with Crippen LogP contribution in [0.1, 0.15) is 45.6 Å². The van der Waals surface area contributed by atoms with Crippen molar-refractivity contribution in [1.82, 2.24) is 5.32 Å². The Bertz CT molecular complexity index is 323. The Labute approximate surface area is 129 Å². The number of aryl methyl sites for hydroxylation is 1. The van der Waals surface area contributed by atoms with Gasteiger partial charge in [-0.25, -0.2) is 0 Å². The molecule has 0 fully saturated rings. The topological polar surface area (TPSA) is 12.0 Å². The molecule has 1 N–H and O–H groups in total. The van der Waals surface area contributed by atoms with Crippen LogP contribution in [0.25, 0.3) is 0 Å². The summed E-state index contributed by atoms with van der Waals surface area (Å²) < 4.78 is 0. The van der Waals surface area contributed by atoms with Crippen LogP contribution in [-0.2, 0) is 6.42 Å². The van der Waals surface area contributed by atoms with Gasteiger partial charge in [-0.3, -0.25) is 0 Å². The van der Waals surface area contributed by atoms with Gasteiger partial charge >= 0.3 is 0 Å². The maximum Gasteiger partial charge on any atom is 0.0158 e. The van der Waals surface area contributed by atoms with Crippen molar-refractivity contribution in [2.24, 2.45) is 5.92 Å². The molecular weight excluding hydrogens is 262 g/mol. The van der Waals surface area contributed by atoms with Gasteiger partial charge in [0.2, 0.25) is 0 Å². The van der Waals surface area contributed by atoms with Crippen LogP contribution in [0.5, 0.6) is 0 Å². The summed E-state index contributed by atoms with van der Waals surface area (Å²) in [6.45, 7) is 8.00. The van der Waals surface area contributed by atoms with E-state index in [9.17, 15) is 0 Å². The third kappa shape index (κ3) is 8.65. The number of hydrogen-bond donors (Lipinski definition) is 1. The van der Waals surface area contributed by atoms with Crippen molar-refractivity contribution in [2.45, 2.75) is 52.5 Å². The molecule has 1 unspecified atom stereocenters. The van der Waals surface area contributed by atoms with Crippen molar-refractivity contribution in [3.8, 4) is 0 Å². The normalized spacial score (nSPS) is 12.8. The highest BCUT2D eigenvalue weighted by atomic mass is 32.2. The summed E-state index contributed by atoms with van der Waals surface area (Å²) in [5, 5.41) is 3.71. The average Bonchev–Trinajstić information content (AvgIpc) is 2.45. The van der Waals surface area contributed by atoms with Gasteiger partial charge in [-0.15, -0.1) is 0 Å². The maximum atomic E-state index is 3.71. The van der Waals surface area contributed by atoms with Crippen LogP contribution < -0.4 is 5.32 Å². The monoisotopic (exact) mass is 293 g/mol. The van der Waals surface area contributed by atoms with E-state index in [1.54, 1.807) is 0 Å². The predicted octanol–water partition coefficient (Wildman–Crippen LogP) is 4.77. The largest absolute Gasteiger partial charge is 0.313 e. The molecule has 0 amide bonds. The molecule has 1 nitrogen and oxygen atoms in total. The Morgan fingerprint density at radius 2 is 1.85 bits per heavy atom. The van der Waals surface area contributed by atoms with Crippen LogP contribution in [0, 0.1) is 5.92 Å².